The van der Waals surface area contributed by atoms with E-state index in [-0.39, 0.29) is 30.4 Å². The molecule has 0 bridgehead atoms. The van der Waals surface area contributed by atoms with Gasteiger partial charge in [0.25, 0.3) is 5.56 Å². The molecule has 248 valence electrons. The van der Waals surface area contributed by atoms with Crippen LogP contribution in [0.1, 0.15) is 48.2 Å². The number of halogens is 4. The van der Waals surface area contributed by atoms with Gasteiger partial charge in [-0.1, -0.05) is 55.9 Å². The molecule has 1 amide bonds. The lowest BCUT2D eigenvalue weighted by molar-refractivity contribution is -0.137. The number of likely N-dealkylation sites (N-methyl/N-ethyl adjacent to an activating group) is 1. The summed E-state index contributed by atoms with van der Waals surface area (Å²) in [7, 11) is 0. The minimum Gasteiger partial charge on any atom is -0.335 e. The maximum absolute atomic E-state index is 14.1. The predicted octanol–water partition coefficient (Wildman–Crippen LogP) is 6.61. The number of hydrogen-bond donors (Lipinski definition) is 0. The number of aromatic nitrogens is 3. The van der Waals surface area contributed by atoms with Crippen molar-refractivity contribution < 1.29 is 22.4 Å². The van der Waals surface area contributed by atoms with Gasteiger partial charge in [0.05, 0.1) is 17.0 Å². The summed E-state index contributed by atoms with van der Waals surface area (Å²) >= 11 is 1.33. The average molecular weight is 668 g/mol. The van der Waals surface area contributed by atoms with Crippen molar-refractivity contribution in [3.63, 3.8) is 0 Å². The minimum atomic E-state index is -4.46. The van der Waals surface area contributed by atoms with E-state index in [1.807, 2.05) is 19.9 Å². The van der Waals surface area contributed by atoms with Crippen molar-refractivity contribution in [2.75, 3.05) is 26.2 Å². The zero-order chi connectivity index (χ0) is 33.6. The highest BCUT2D eigenvalue weighted by Crippen LogP contribution is 2.32. The van der Waals surface area contributed by atoms with Crippen molar-refractivity contribution in [3.8, 4) is 11.3 Å². The molecular formula is C35H37F4N5O2S. The van der Waals surface area contributed by atoms with Gasteiger partial charge in [-0.05, 0) is 73.8 Å². The smallest absolute Gasteiger partial charge is 0.335 e. The molecule has 0 unspecified atom stereocenters. The number of aryl methyl sites for hydroxylation is 1. The van der Waals surface area contributed by atoms with Crippen LogP contribution >= 0.6 is 11.8 Å². The number of fused-ring (bicyclic) bond motifs is 1. The van der Waals surface area contributed by atoms with Crippen LogP contribution in [0.3, 0.4) is 0 Å². The molecule has 47 heavy (non-hydrogen) atoms. The molecule has 0 radical (unpaired) electrons. The normalized spacial score (nSPS) is 12.8. The third-order valence-electron chi connectivity index (χ3n) is 8.40. The van der Waals surface area contributed by atoms with Crippen molar-refractivity contribution in [3.05, 3.63) is 111 Å². The van der Waals surface area contributed by atoms with Crippen molar-refractivity contribution in [2.24, 2.45) is 0 Å². The van der Waals surface area contributed by atoms with Gasteiger partial charge in [0.2, 0.25) is 5.91 Å². The van der Waals surface area contributed by atoms with Gasteiger partial charge in [-0.3, -0.25) is 19.1 Å². The first-order valence-electron chi connectivity index (χ1n) is 15.7. The van der Waals surface area contributed by atoms with E-state index in [2.05, 4.69) is 9.88 Å². The second-order valence-electron chi connectivity index (χ2n) is 11.4. The van der Waals surface area contributed by atoms with Crippen LogP contribution in [0, 0.1) is 5.82 Å². The Labute approximate surface area is 275 Å². The monoisotopic (exact) mass is 667 g/mol. The van der Waals surface area contributed by atoms with Gasteiger partial charge in [-0.25, -0.2) is 9.37 Å². The number of hydrogen-bond acceptors (Lipinski definition) is 6. The van der Waals surface area contributed by atoms with Crippen LogP contribution in [-0.4, -0.2) is 56.4 Å². The lowest BCUT2D eigenvalue weighted by atomic mass is 10.0. The molecule has 5 rings (SSSR count). The highest BCUT2D eigenvalue weighted by atomic mass is 32.2. The van der Waals surface area contributed by atoms with Gasteiger partial charge >= 0.3 is 6.18 Å². The molecule has 0 fully saturated rings. The number of nitrogens with zero attached hydrogens (tertiary/aromatic N) is 5. The Morgan fingerprint density at radius 2 is 1.70 bits per heavy atom. The van der Waals surface area contributed by atoms with Gasteiger partial charge in [0.15, 0.2) is 5.16 Å². The fourth-order valence-electron chi connectivity index (χ4n) is 5.66. The lowest BCUT2D eigenvalue weighted by Crippen LogP contribution is -2.42. The zero-order valence-corrected chi connectivity index (χ0v) is 27.2. The summed E-state index contributed by atoms with van der Waals surface area (Å²) in [6.07, 6.45) is -0.761. The van der Waals surface area contributed by atoms with Crippen molar-refractivity contribution in [2.45, 2.75) is 63.3 Å². The van der Waals surface area contributed by atoms with Gasteiger partial charge in [0, 0.05) is 42.7 Å². The number of rotatable bonds is 13. The van der Waals surface area contributed by atoms with Crippen LogP contribution in [0.4, 0.5) is 17.6 Å². The molecular weight excluding hydrogens is 630 g/mol. The van der Waals surface area contributed by atoms with E-state index >= 15 is 0 Å². The quantitative estimate of drug-likeness (QED) is 0.0908. The summed E-state index contributed by atoms with van der Waals surface area (Å²) in [4.78, 5) is 41.0. The van der Waals surface area contributed by atoms with Gasteiger partial charge < -0.3 is 9.80 Å². The first-order chi connectivity index (χ1) is 22.6. The Balaban J connectivity index is 1.44. The summed E-state index contributed by atoms with van der Waals surface area (Å²) in [6.45, 7) is 6.56. The van der Waals surface area contributed by atoms with Crippen LogP contribution in [0.5, 0.6) is 0 Å². The van der Waals surface area contributed by atoms with Crippen molar-refractivity contribution >= 4 is 17.7 Å². The number of benzene rings is 2. The largest absolute Gasteiger partial charge is 0.416 e. The number of thioether (sulfide) groups is 1. The van der Waals surface area contributed by atoms with Crippen LogP contribution in [0.15, 0.2) is 76.8 Å². The second kappa shape index (κ2) is 15.2. The Hall–Kier alpha value is -4.03. The molecule has 7 nitrogen and oxygen atoms in total. The Morgan fingerprint density at radius 1 is 0.979 bits per heavy atom. The molecule has 2 heterocycles. The summed E-state index contributed by atoms with van der Waals surface area (Å²) < 4.78 is 54.6. The highest BCUT2D eigenvalue weighted by Gasteiger charge is 2.30. The molecule has 2 aromatic carbocycles. The van der Waals surface area contributed by atoms with E-state index in [1.165, 1.54) is 40.6 Å². The highest BCUT2D eigenvalue weighted by molar-refractivity contribution is 7.98. The topological polar surface area (TPSA) is 71.3 Å². The summed E-state index contributed by atoms with van der Waals surface area (Å²) in [5, 5.41) is 0.434. The molecule has 0 aliphatic heterocycles. The average Bonchev–Trinajstić information content (AvgIpc) is 3.55. The van der Waals surface area contributed by atoms with Crippen LogP contribution in [0.2, 0.25) is 0 Å². The third-order valence-corrected chi connectivity index (χ3v) is 9.45. The number of carbonyl (C=O) groups excluding carboxylic acids is 1. The van der Waals surface area contributed by atoms with Crippen LogP contribution in [0.25, 0.3) is 11.3 Å². The maximum atomic E-state index is 14.1. The first-order valence-corrected chi connectivity index (χ1v) is 16.7. The van der Waals surface area contributed by atoms with Crippen molar-refractivity contribution in [1.29, 1.82) is 0 Å². The third kappa shape index (κ3) is 8.47. The fraction of sp³-hybridized carbons (Fsp3) is 0.371. The minimum absolute atomic E-state index is 0.148. The summed E-state index contributed by atoms with van der Waals surface area (Å²) in [6, 6.07) is 14.5. The molecule has 0 saturated heterocycles. The van der Waals surface area contributed by atoms with E-state index in [4.69, 9.17) is 4.98 Å². The predicted molar refractivity (Wildman–Crippen MR) is 174 cm³/mol. The SMILES string of the molecule is CCN(CC)CCN(Cc1cccnc1-c1ccc(C(F)(F)F)cc1)C(=O)Cn1c(SCc2ccc(F)cc2)nc2c(c1=O)CCC2. The summed E-state index contributed by atoms with van der Waals surface area (Å²) in [5.74, 6) is -0.181. The second-order valence-corrected chi connectivity index (χ2v) is 12.4. The number of carbonyl (C=O) groups is 1. The number of alkyl halides is 3. The summed E-state index contributed by atoms with van der Waals surface area (Å²) in [5.41, 5.74) is 2.93. The van der Waals surface area contributed by atoms with E-state index < -0.39 is 11.7 Å². The van der Waals surface area contributed by atoms with E-state index in [1.54, 1.807) is 29.3 Å². The molecule has 1 aliphatic rings. The molecule has 0 saturated carbocycles. The van der Waals surface area contributed by atoms with E-state index in [0.29, 0.717) is 59.2 Å². The number of pyridine rings is 1. The Bertz CT molecular complexity index is 1740. The zero-order valence-electron chi connectivity index (χ0n) is 26.4. The number of amides is 1. The molecule has 2 aromatic heterocycles. The van der Waals surface area contributed by atoms with E-state index in [9.17, 15) is 27.2 Å². The lowest BCUT2D eigenvalue weighted by Gasteiger charge is -2.28. The first kappa shape index (κ1) is 34.3. The Kier molecular flexibility index (Phi) is 11.1. The van der Waals surface area contributed by atoms with Crippen LogP contribution in [-0.2, 0) is 42.7 Å². The molecule has 0 atom stereocenters. The Morgan fingerprint density at radius 3 is 2.38 bits per heavy atom. The molecule has 0 spiro atoms. The van der Waals surface area contributed by atoms with Gasteiger partial charge in [-0.2, -0.15) is 13.2 Å². The van der Waals surface area contributed by atoms with Crippen LogP contribution < -0.4 is 5.56 Å². The van der Waals surface area contributed by atoms with Crippen molar-refractivity contribution in [1.82, 2.24) is 24.3 Å². The molecule has 12 heteroatoms. The molecule has 0 N–H and O–H groups in total. The molecule has 4 aromatic rings. The standard InChI is InChI=1S/C35H37F4N5O2S/c1-3-42(4-2)19-20-43(21-26-7-6-18-40-32(26)25-12-14-27(15-13-25)35(37,38)39)31(45)22-44-33(46)29-8-5-9-30(29)41-34(44)47-23-24-10-16-28(36)17-11-24/h6-7,10-18H,3-5,8-9,19-23H2,1-2H3. The fourth-order valence-corrected chi connectivity index (χ4v) is 6.63. The molecule has 1 aliphatic carbocycles. The van der Waals surface area contributed by atoms with E-state index in [0.717, 1.165) is 42.9 Å². The van der Waals surface area contributed by atoms with Gasteiger partial charge in [-0.15, -0.1) is 0 Å². The van der Waals surface area contributed by atoms with Gasteiger partial charge in [0.1, 0.15) is 12.4 Å². The maximum Gasteiger partial charge on any atom is 0.416 e.